The van der Waals surface area contributed by atoms with E-state index in [0.717, 1.165) is 31.1 Å². The molecule has 3 atom stereocenters. The van der Waals surface area contributed by atoms with E-state index in [1.165, 1.54) is 0 Å². The lowest BCUT2D eigenvalue weighted by Gasteiger charge is -2.02. The lowest BCUT2D eigenvalue weighted by atomic mass is 10.3. The van der Waals surface area contributed by atoms with Crippen molar-refractivity contribution < 1.29 is 0 Å². The molecule has 52 valence electrons. The summed E-state index contributed by atoms with van der Waals surface area (Å²) in [5.41, 5.74) is 6.22. The molecule has 2 fully saturated rings. The van der Waals surface area contributed by atoms with Crippen LogP contribution in [0, 0.1) is 11.8 Å². The summed E-state index contributed by atoms with van der Waals surface area (Å²) in [5, 5.41) is 3.39. The molecule has 0 spiro atoms. The zero-order valence-electron chi connectivity index (χ0n) is 5.65. The van der Waals surface area contributed by atoms with E-state index in [1.54, 1.807) is 0 Å². The number of fused-ring (bicyclic) bond motifs is 1. The Labute approximate surface area is 55.2 Å². The molecule has 1 aliphatic carbocycles. The topological polar surface area (TPSA) is 36.1 Å². The molecule has 0 aromatic heterocycles. The average molecular weight is 127 g/mol. The number of rotatable bonds is 0. The molecule has 2 rings (SSSR count). The standard InChI is InChI=1S/C6H13N3/c1-4-5-2-8-9-3-7-6(4)5/h4-9H,2-3H2,1H3/t4-,5?,6?/m0/s1. The zero-order valence-corrected chi connectivity index (χ0v) is 5.65. The van der Waals surface area contributed by atoms with Gasteiger partial charge in [0.15, 0.2) is 0 Å². The van der Waals surface area contributed by atoms with Gasteiger partial charge < -0.3 is 5.32 Å². The largest absolute Gasteiger partial charge is 0.300 e. The van der Waals surface area contributed by atoms with Gasteiger partial charge in [-0.25, -0.2) is 5.43 Å². The second kappa shape index (κ2) is 1.94. The molecule has 3 nitrogen and oxygen atoms in total. The van der Waals surface area contributed by atoms with Gasteiger partial charge in [0.25, 0.3) is 0 Å². The Morgan fingerprint density at radius 2 is 2.22 bits per heavy atom. The van der Waals surface area contributed by atoms with Gasteiger partial charge in [-0.3, -0.25) is 5.43 Å². The Morgan fingerprint density at radius 3 is 3.11 bits per heavy atom. The third-order valence-electron chi connectivity index (χ3n) is 2.45. The molecule has 0 aromatic rings. The Hall–Kier alpha value is -0.120. The van der Waals surface area contributed by atoms with Gasteiger partial charge in [0, 0.05) is 12.6 Å². The molecule has 1 saturated heterocycles. The smallest absolute Gasteiger partial charge is 0.0592 e. The molecule has 0 radical (unpaired) electrons. The molecule has 0 aromatic carbocycles. The van der Waals surface area contributed by atoms with Crippen molar-refractivity contribution in [3.8, 4) is 0 Å². The molecule has 2 aliphatic rings. The summed E-state index contributed by atoms with van der Waals surface area (Å²) < 4.78 is 0. The van der Waals surface area contributed by atoms with E-state index in [9.17, 15) is 0 Å². The van der Waals surface area contributed by atoms with Crippen LogP contribution < -0.4 is 16.2 Å². The molecule has 2 unspecified atom stereocenters. The van der Waals surface area contributed by atoms with Gasteiger partial charge in [-0.2, -0.15) is 0 Å². The van der Waals surface area contributed by atoms with Gasteiger partial charge in [0.2, 0.25) is 0 Å². The summed E-state index contributed by atoms with van der Waals surface area (Å²) in [7, 11) is 0. The first-order valence-electron chi connectivity index (χ1n) is 3.58. The van der Waals surface area contributed by atoms with Crippen molar-refractivity contribution in [1.29, 1.82) is 0 Å². The first-order chi connectivity index (χ1) is 4.39. The third-order valence-corrected chi connectivity index (χ3v) is 2.45. The highest BCUT2D eigenvalue weighted by Gasteiger charge is 2.46. The highest BCUT2D eigenvalue weighted by molar-refractivity contribution is 5.01. The highest BCUT2D eigenvalue weighted by atomic mass is 15.4. The Bertz CT molecular complexity index is 103. The summed E-state index contributed by atoms with van der Waals surface area (Å²) >= 11 is 0. The fourth-order valence-corrected chi connectivity index (χ4v) is 1.62. The van der Waals surface area contributed by atoms with Crippen LogP contribution in [0.5, 0.6) is 0 Å². The van der Waals surface area contributed by atoms with Crippen LogP contribution in [0.25, 0.3) is 0 Å². The summed E-state index contributed by atoms with van der Waals surface area (Å²) in [4.78, 5) is 0. The number of nitrogens with one attached hydrogen (secondary N) is 3. The molecule has 1 aliphatic heterocycles. The van der Waals surface area contributed by atoms with Crippen molar-refractivity contribution in [2.24, 2.45) is 11.8 Å². The van der Waals surface area contributed by atoms with Gasteiger partial charge in [0.1, 0.15) is 0 Å². The van der Waals surface area contributed by atoms with Crippen molar-refractivity contribution in [1.82, 2.24) is 16.2 Å². The summed E-state index contributed by atoms with van der Waals surface area (Å²) in [6, 6.07) is 0.785. The summed E-state index contributed by atoms with van der Waals surface area (Å²) in [6.45, 7) is 4.33. The second-order valence-electron chi connectivity index (χ2n) is 2.99. The number of hydrogen-bond donors (Lipinski definition) is 3. The molecule has 9 heavy (non-hydrogen) atoms. The van der Waals surface area contributed by atoms with E-state index >= 15 is 0 Å². The van der Waals surface area contributed by atoms with Crippen LogP contribution >= 0.6 is 0 Å². The minimum absolute atomic E-state index is 0.785. The van der Waals surface area contributed by atoms with Crippen molar-refractivity contribution in [2.75, 3.05) is 13.2 Å². The van der Waals surface area contributed by atoms with Crippen LogP contribution in [0.4, 0.5) is 0 Å². The van der Waals surface area contributed by atoms with E-state index in [0.29, 0.717) is 0 Å². The summed E-state index contributed by atoms with van der Waals surface area (Å²) in [6.07, 6.45) is 0. The van der Waals surface area contributed by atoms with E-state index in [1.807, 2.05) is 0 Å². The van der Waals surface area contributed by atoms with E-state index < -0.39 is 0 Å². The van der Waals surface area contributed by atoms with Crippen molar-refractivity contribution in [3.63, 3.8) is 0 Å². The minimum atomic E-state index is 0.785. The molecular formula is C6H13N3. The first-order valence-corrected chi connectivity index (χ1v) is 3.58. The number of hydrazine groups is 1. The Kier molecular flexibility index (Phi) is 1.22. The minimum Gasteiger partial charge on any atom is -0.300 e. The normalized spacial score (nSPS) is 49.7. The zero-order chi connectivity index (χ0) is 6.27. The van der Waals surface area contributed by atoms with Gasteiger partial charge in [-0.1, -0.05) is 6.92 Å². The quantitative estimate of drug-likeness (QED) is 0.402. The Balaban J connectivity index is 1.93. The third kappa shape index (κ3) is 0.852. The van der Waals surface area contributed by atoms with Crippen molar-refractivity contribution in [3.05, 3.63) is 0 Å². The fraction of sp³-hybridized carbons (Fsp3) is 1.00. The molecule has 3 heteroatoms. The van der Waals surface area contributed by atoms with Crippen molar-refractivity contribution in [2.45, 2.75) is 13.0 Å². The SMILES string of the molecule is C[C@H]1C2CNNCNC21. The highest BCUT2D eigenvalue weighted by Crippen LogP contribution is 2.37. The van der Waals surface area contributed by atoms with Crippen LogP contribution in [0.3, 0.4) is 0 Å². The van der Waals surface area contributed by atoms with Crippen LogP contribution in [0.1, 0.15) is 6.92 Å². The molecule has 0 amide bonds. The molecule has 0 bridgehead atoms. The second-order valence-corrected chi connectivity index (χ2v) is 2.99. The first kappa shape index (κ1) is 5.65. The molecule has 1 saturated carbocycles. The van der Waals surface area contributed by atoms with Crippen LogP contribution in [-0.4, -0.2) is 19.3 Å². The molecule has 1 heterocycles. The lowest BCUT2D eigenvalue weighted by Crippen LogP contribution is -2.37. The van der Waals surface area contributed by atoms with Crippen LogP contribution in [-0.2, 0) is 0 Å². The van der Waals surface area contributed by atoms with E-state index in [-0.39, 0.29) is 0 Å². The maximum Gasteiger partial charge on any atom is 0.0592 e. The molecule has 3 N–H and O–H groups in total. The van der Waals surface area contributed by atoms with Crippen molar-refractivity contribution >= 4 is 0 Å². The van der Waals surface area contributed by atoms with E-state index in [4.69, 9.17) is 0 Å². The van der Waals surface area contributed by atoms with E-state index in [2.05, 4.69) is 23.1 Å². The van der Waals surface area contributed by atoms with Crippen LogP contribution in [0.15, 0.2) is 0 Å². The average Bonchev–Trinajstić information content (AvgIpc) is 2.51. The fourth-order valence-electron chi connectivity index (χ4n) is 1.62. The van der Waals surface area contributed by atoms with Gasteiger partial charge in [-0.15, -0.1) is 0 Å². The maximum atomic E-state index is 3.39. The number of hydrogen-bond acceptors (Lipinski definition) is 3. The van der Waals surface area contributed by atoms with Gasteiger partial charge >= 0.3 is 0 Å². The molecular weight excluding hydrogens is 114 g/mol. The Morgan fingerprint density at radius 1 is 1.33 bits per heavy atom. The van der Waals surface area contributed by atoms with Crippen LogP contribution in [0.2, 0.25) is 0 Å². The van der Waals surface area contributed by atoms with Gasteiger partial charge in [-0.05, 0) is 11.8 Å². The maximum absolute atomic E-state index is 3.39. The predicted octanol–water partition coefficient (Wildman–Crippen LogP) is -0.724. The predicted molar refractivity (Wildman–Crippen MR) is 35.6 cm³/mol. The lowest BCUT2D eigenvalue weighted by molar-refractivity contribution is 0.498. The van der Waals surface area contributed by atoms with Gasteiger partial charge in [0.05, 0.1) is 6.67 Å². The monoisotopic (exact) mass is 127 g/mol. The summed E-state index contributed by atoms with van der Waals surface area (Å²) in [5.74, 6) is 1.76.